The van der Waals surface area contributed by atoms with Gasteiger partial charge in [-0.1, -0.05) is 60.7 Å². The quantitative estimate of drug-likeness (QED) is 0.805. The molecule has 0 aliphatic carbocycles. The molecule has 2 aromatic carbocycles. The van der Waals surface area contributed by atoms with E-state index >= 15 is 0 Å². The highest BCUT2D eigenvalue weighted by molar-refractivity contribution is 6.02. The fourth-order valence-electron chi connectivity index (χ4n) is 2.95. The molecule has 0 unspecified atom stereocenters. The SMILES string of the molecule is CN(Cc1ccccc1)C(=O)CCC(=O)N1CCC(c2ccccc2)=N1. The molecule has 0 spiro atoms. The number of carbonyl (C=O) groups excluding carboxylic acids is 2. The Kier molecular flexibility index (Phi) is 5.79. The van der Waals surface area contributed by atoms with Crippen LogP contribution < -0.4 is 0 Å². The molecule has 0 fully saturated rings. The van der Waals surface area contributed by atoms with E-state index in [1.807, 2.05) is 60.7 Å². The predicted octanol–water partition coefficient (Wildman–Crippen LogP) is 3.06. The number of nitrogens with zero attached hydrogens (tertiary/aromatic N) is 3. The molecular formula is C21H23N3O2. The van der Waals surface area contributed by atoms with Gasteiger partial charge in [-0.05, 0) is 11.1 Å². The summed E-state index contributed by atoms with van der Waals surface area (Å²) >= 11 is 0. The summed E-state index contributed by atoms with van der Waals surface area (Å²) in [6.07, 6.45) is 1.13. The summed E-state index contributed by atoms with van der Waals surface area (Å²) in [6, 6.07) is 19.7. The molecule has 0 radical (unpaired) electrons. The first kappa shape index (κ1) is 17.9. The molecule has 3 rings (SSSR count). The minimum atomic E-state index is -0.0996. The van der Waals surface area contributed by atoms with E-state index in [1.54, 1.807) is 11.9 Å². The Bertz CT molecular complexity index is 787. The fourth-order valence-corrected chi connectivity index (χ4v) is 2.95. The predicted molar refractivity (Wildman–Crippen MR) is 101 cm³/mol. The number of hydrogen-bond acceptors (Lipinski definition) is 3. The molecule has 0 bridgehead atoms. The zero-order valence-corrected chi connectivity index (χ0v) is 15.0. The van der Waals surface area contributed by atoms with Crippen molar-refractivity contribution in [3.8, 4) is 0 Å². The van der Waals surface area contributed by atoms with Crippen LogP contribution in [0.5, 0.6) is 0 Å². The maximum Gasteiger partial charge on any atom is 0.243 e. The molecule has 2 amide bonds. The third kappa shape index (κ3) is 4.57. The molecule has 1 aliphatic rings. The van der Waals surface area contributed by atoms with Crippen LogP contribution in [0, 0.1) is 0 Å². The van der Waals surface area contributed by atoms with Gasteiger partial charge in [0.15, 0.2) is 0 Å². The van der Waals surface area contributed by atoms with Crippen molar-refractivity contribution in [3.05, 3.63) is 71.8 Å². The smallest absolute Gasteiger partial charge is 0.243 e. The van der Waals surface area contributed by atoms with Crippen LogP contribution in [0.25, 0.3) is 0 Å². The van der Waals surface area contributed by atoms with Gasteiger partial charge in [0, 0.05) is 32.9 Å². The molecule has 1 aliphatic heterocycles. The molecule has 0 atom stereocenters. The van der Waals surface area contributed by atoms with Crippen LogP contribution >= 0.6 is 0 Å². The summed E-state index contributed by atoms with van der Waals surface area (Å²) in [5, 5.41) is 5.92. The minimum Gasteiger partial charge on any atom is -0.341 e. The standard InChI is InChI=1S/C21H23N3O2/c1-23(16-17-8-4-2-5-9-17)20(25)12-13-21(26)24-15-14-19(22-24)18-10-6-3-7-11-18/h2-11H,12-16H2,1H3. The summed E-state index contributed by atoms with van der Waals surface area (Å²) in [4.78, 5) is 26.3. The summed E-state index contributed by atoms with van der Waals surface area (Å²) in [5.74, 6) is -0.133. The number of hydrogen-bond donors (Lipinski definition) is 0. The Hall–Kier alpha value is -2.95. The van der Waals surface area contributed by atoms with Gasteiger partial charge in [0.2, 0.25) is 11.8 Å². The maximum atomic E-state index is 12.4. The van der Waals surface area contributed by atoms with Gasteiger partial charge >= 0.3 is 0 Å². The first-order valence-electron chi connectivity index (χ1n) is 8.84. The van der Waals surface area contributed by atoms with Crippen molar-refractivity contribution in [2.45, 2.75) is 25.8 Å². The van der Waals surface area contributed by atoms with E-state index in [0.717, 1.165) is 23.3 Å². The van der Waals surface area contributed by atoms with Crippen molar-refractivity contribution in [2.75, 3.05) is 13.6 Å². The Morgan fingerprint density at radius 3 is 2.35 bits per heavy atom. The van der Waals surface area contributed by atoms with E-state index < -0.39 is 0 Å². The van der Waals surface area contributed by atoms with Crippen LogP contribution in [0.15, 0.2) is 65.8 Å². The molecule has 5 nitrogen and oxygen atoms in total. The molecule has 134 valence electrons. The number of carbonyl (C=O) groups is 2. The first-order chi connectivity index (χ1) is 12.6. The molecule has 1 heterocycles. The largest absolute Gasteiger partial charge is 0.341 e. The lowest BCUT2D eigenvalue weighted by Gasteiger charge is -2.18. The van der Waals surface area contributed by atoms with Crippen molar-refractivity contribution < 1.29 is 9.59 Å². The minimum absolute atomic E-state index is 0.0336. The Morgan fingerprint density at radius 2 is 1.65 bits per heavy atom. The van der Waals surface area contributed by atoms with E-state index in [0.29, 0.717) is 13.1 Å². The van der Waals surface area contributed by atoms with Crippen molar-refractivity contribution in [3.63, 3.8) is 0 Å². The third-order valence-corrected chi connectivity index (χ3v) is 4.44. The number of benzene rings is 2. The number of amides is 2. The van der Waals surface area contributed by atoms with E-state index in [2.05, 4.69) is 5.10 Å². The maximum absolute atomic E-state index is 12.4. The summed E-state index contributed by atoms with van der Waals surface area (Å²) in [7, 11) is 1.77. The van der Waals surface area contributed by atoms with Crippen molar-refractivity contribution >= 4 is 17.5 Å². The highest BCUT2D eigenvalue weighted by Crippen LogP contribution is 2.15. The topological polar surface area (TPSA) is 53.0 Å². The van der Waals surface area contributed by atoms with E-state index in [9.17, 15) is 9.59 Å². The number of rotatable bonds is 6. The molecular weight excluding hydrogens is 326 g/mol. The Labute approximate surface area is 153 Å². The second-order valence-electron chi connectivity index (χ2n) is 6.41. The highest BCUT2D eigenvalue weighted by Gasteiger charge is 2.22. The lowest BCUT2D eigenvalue weighted by Crippen LogP contribution is -2.29. The van der Waals surface area contributed by atoms with E-state index in [4.69, 9.17) is 0 Å². The van der Waals surface area contributed by atoms with Crippen molar-refractivity contribution in [1.82, 2.24) is 9.91 Å². The van der Waals surface area contributed by atoms with Gasteiger partial charge in [0.05, 0.1) is 12.3 Å². The van der Waals surface area contributed by atoms with Gasteiger partial charge in [-0.15, -0.1) is 0 Å². The van der Waals surface area contributed by atoms with Crippen LogP contribution in [0.4, 0.5) is 0 Å². The molecule has 26 heavy (non-hydrogen) atoms. The first-order valence-corrected chi connectivity index (χ1v) is 8.84. The Morgan fingerprint density at radius 1 is 1.00 bits per heavy atom. The lowest BCUT2D eigenvalue weighted by molar-refractivity contribution is -0.136. The van der Waals surface area contributed by atoms with Gasteiger partial charge in [-0.25, -0.2) is 5.01 Å². The van der Waals surface area contributed by atoms with Gasteiger partial charge in [0.25, 0.3) is 0 Å². The van der Waals surface area contributed by atoms with Gasteiger partial charge < -0.3 is 4.90 Å². The normalized spacial score (nSPS) is 13.4. The molecule has 0 saturated heterocycles. The van der Waals surface area contributed by atoms with Crippen LogP contribution in [0.3, 0.4) is 0 Å². The highest BCUT2D eigenvalue weighted by atomic mass is 16.2. The van der Waals surface area contributed by atoms with Crippen LogP contribution in [-0.2, 0) is 16.1 Å². The van der Waals surface area contributed by atoms with Gasteiger partial charge in [-0.3, -0.25) is 9.59 Å². The average Bonchev–Trinajstić information content (AvgIpc) is 3.17. The van der Waals surface area contributed by atoms with Crippen LogP contribution in [0.1, 0.15) is 30.4 Å². The van der Waals surface area contributed by atoms with Crippen molar-refractivity contribution in [1.29, 1.82) is 0 Å². The fraction of sp³-hybridized carbons (Fsp3) is 0.286. The van der Waals surface area contributed by atoms with Crippen LogP contribution in [-0.4, -0.2) is 41.0 Å². The number of hydrazone groups is 1. The van der Waals surface area contributed by atoms with E-state index in [1.165, 1.54) is 5.01 Å². The molecule has 0 aromatic heterocycles. The zero-order valence-electron chi connectivity index (χ0n) is 15.0. The van der Waals surface area contributed by atoms with E-state index in [-0.39, 0.29) is 24.7 Å². The zero-order chi connectivity index (χ0) is 18.4. The van der Waals surface area contributed by atoms with Crippen LogP contribution in [0.2, 0.25) is 0 Å². The van der Waals surface area contributed by atoms with Gasteiger partial charge in [-0.2, -0.15) is 5.10 Å². The lowest BCUT2D eigenvalue weighted by atomic mass is 10.1. The summed E-state index contributed by atoms with van der Waals surface area (Å²) in [6.45, 7) is 1.13. The second-order valence-corrected chi connectivity index (χ2v) is 6.41. The average molecular weight is 349 g/mol. The monoisotopic (exact) mass is 349 g/mol. The van der Waals surface area contributed by atoms with Crippen molar-refractivity contribution in [2.24, 2.45) is 5.10 Å². The van der Waals surface area contributed by atoms with Gasteiger partial charge in [0.1, 0.15) is 0 Å². The third-order valence-electron chi connectivity index (χ3n) is 4.44. The summed E-state index contributed by atoms with van der Waals surface area (Å²) in [5.41, 5.74) is 3.04. The second kappa shape index (κ2) is 8.43. The molecule has 2 aromatic rings. The molecule has 0 saturated carbocycles. The summed E-state index contributed by atoms with van der Waals surface area (Å²) < 4.78 is 0. The molecule has 5 heteroatoms. The molecule has 0 N–H and O–H groups in total. The Balaban J connectivity index is 1.49.